The molecule has 2 aromatic carbocycles. The van der Waals surface area contributed by atoms with Crippen LogP contribution in [-0.4, -0.2) is 30.6 Å². The van der Waals surface area contributed by atoms with Crippen molar-refractivity contribution in [3.63, 3.8) is 0 Å². The maximum atomic E-state index is 11.9. The predicted molar refractivity (Wildman–Crippen MR) is 99.0 cm³/mol. The van der Waals surface area contributed by atoms with E-state index in [1.54, 1.807) is 18.2 Å². The molecule has 0 spiro atoms. The number of aryl methyl sites for hydroxylation is 1. The largest absolute Gasteiger partial charge is 0.504 e. The summed E-state index contributed by atoms with van der Waals surface area (Å²) in [5.74, 6) is -0.306. The van der Waals surface area contributed by atoms with Crippen LogP contribution in [0.15, 0.2) is 54.6 Å². The first kappa shape index (κ1) is 19.2. The second-order valence-corrected chi connectivity index (χ2v) is 5.72. The number of hydrogen-bond acceptors (Lipinski definition) is 5. The van der Waals surface area contributed by atoms with E-state index in [9.17, 15) is 14.7 Å². The zero-order chi connectivity index (χ0) is 18.8. The van der Waals surface area contributed by atoms with Gasteiger partial charge >= 0.3 is 5.97 Å². The van der Waals surface area contributed by atoms with Crippen LogP contribution >= 0.6 is 0 Å². The molecule has 0 atom stereocenters. The number of ketones is 1. The molecule has 0 bridgehead atoms. The lowest BCUT2D eigenvalue weighted by Crippen LogP contribution is -2.12. The van der Waals surface area contributed by atoms with Crippen molar-refractivity contribution in [2.24, 2.45) is 0 Å². The summed E-state index contributed by atoms with van der Waals surface area (Å²) < 4.78 is 10.1. The molecule has 0 fully saturated rings. The summed E-state index contributed by atoms with van der Waals surface area (Å²) in [7, 11) is 1.46. The molecule has 0 heterocycles. The van der Waals surface area contributed by atoms with Crippen molar-refractivity contribution in [1.82, 2.24) is 0 Å². The van der Waals surface area contributed by atoms with Crippen molar-refractivity contribution >= 4 is 17.8 Å². The first-order valence-corrected chi connectivity index (χ1v) is 8.33. The number of carbonyl (C=O) groups is 2. The number of Topliss-reactive ketones (excluding diaryl/α,β-unsaturated/α-hetero) is 1. The smallest absolute Gasteiger partial charge is 0.313 e. The van der Waals surface area contributed by atoms with Gasteiger partial charge in [0.15, 0.2) is 11.5 Å². The molecule has 1 N–H and O–H groups in total. The fourth-order valence-electron chi connectivity index (χ4n) is 2.35. The van der Waals surface area contributed by atoms with Gasteiger partial charge in [-0.2, -0.15) is 0 Å². The van der Waals surface area contributed by atoms with Crippen molar-refractivity contribution in [1.29, 1.82) is 0 Å². The van der Waals surface area contributed by atoms with E-state index in [1.165, 1.54) is 13.2 Å². The molecule has 5 nitrogen and oxygen atoms in total. The molecule has 0 aliphatic heterocycles. The first-order chi connectivity index (χ1) is 12.6. The van der Waals surface area contributed by atoms with E-state index in [1.807, 2.05) is 36.4 Å². The van der Waals surface area contributed by atoms with Crippen molar-refractivity contribution in [2.75, 3.05) is 13.7 Å². The number of esters is 1. The number of phenols is 1. The third-order valence-electron chi connectivity index (χ3n) is 3.73. The molecule has 0 saturated heterocycles. The van der Waals surface area contributed by atoms with Gasteiger partial charge in [-0.1, -0.05) is 42.5 Å². The maximum absolute atomic E-state index is 11.9. The van der Waals surface area contributed by atoms with Crippen LogP contribution in [0.4, 0.5) is 0 Å². The molecule has 26 heavy (non-hydrogen) atoms. The summed E-state index contributed by atoms with van der Waals surface area (Å²) in [6.45, 7) is 0.135. The van der Waals surface area contributed by atoms with Crippen LogP contribution in [0.1, 0.15) is 24.0 Å². The van der Waals surface area contributed by atoms with Gasteiger partial charge in [0.25, 0.3) is 0 Å². The van der Waals surface area contributed by atoms with Gasteiger partial charge in [0, 0.05) is 6.42 Å². The number of carbonyl (C=O) groups excluding carboxylic acids is 2. The number of benzene rings is 2. The number of aromatic hydroxyl groups is 1. The molecule has 136 valence electrons. The molecule has 0 aliphatic carbocycles. The molecule has 0 radical (unpaired) electrons. The predicted octanol–water partition coefficient (Wildman–Crippen LogP) is 3.55. The van der Waals surface area contributed by atoms with Crippen LogP contribution in [0.3, 0.4) is 0 Å². The summed E-state index contributed by atoms with van der Waals surface area (Å²) >= 11 is 0. The second kappa shape index (κ2) is 10.0. The molecular formula is C21H22O5. The van der Waals surface area contributed by atoms with E-state index in [4.69, 9.17) is 9.47 Å². The topological polar surface area (TPSA) is 72.8 Å². The van der Waals surface area contributed by atoms with Gasteiger partial charge in [-0.15, -0.1) is 0 Å². The van der Waals surface area contributed by atoms with Crippen LogP contribution in [0, 0.1) is 0 Å². The lowest BCUT2D eigenvalue weighted by molar-refractivity contribution is -0.144. The third-order valence-corrected chi connectivity index (χ3v) is 3.73. The Morgan fingerprint density at radius 1 is 1.12 bits per heavy atom. The molecule has 0 saturated carbocycles. The summed E-state index contributed by atoms with van der Waals surface area (Å²) in [5.41, 5.74) is 1.87. The number of rotatable bonds is 9. The van der Waals surface area contributed by atoms with E-state index in [0.29, 0.717) is 12.2 Å². The maximum Gasteiger partial charge on any atom is 0.313 e. The highest BCUT2D eigenvalue weighted by molar-refractivity contribution is 5.95. The quantitative estimate of drug-likeness (QED) is 0.423. The van der Waals surface area contributed by atoms with Crippen LogP contribution < -0.4 is 4.74 Å². The summed E-state index contributed by atoms with van der Waals surface area (Å²) in [6.07, 6.45) is 4.04. The highest BCUT2D eigenvalue weighted by Crippen LogP contribution is 2.26. The van der Waals surface area contributed by atoms with Gasteiger partial charge < -0.3 is 14.6 Å². The average molecular weight is 355 g/mol. The minimum Gasteiger partial charge on any atom is -0.504 e. The van der Waals surface area contributed by atoms with Crippen molar-refractivity contribution in [3.8, 4) is 11.5 Å². The lowest BCUT2D eigenvalue weighted by atomic mass is 10.1. The SMILES string of the molecule is COc1cc(CCC(=O)[13CH2]C(=O)OC/C=C/c2ccccc2)ccc1O. The highest BCUT2D eigenvalue weighted by atomic mass is 16.5. The minimum absolute atomic E-state index is 0.0507. The van der Waals surface area contributed by atoms with Crippen molar-refractivity contribution in [2.45, 2.75) is 19.3 Å². The fraction of sp³-hybridized carbons (Fsp3) is 0.238. The number of ether oxygens (including phenoxy) is 2. The Bertz CT molecular complexity index is 765. The van der Waals surface area contributed by atoms with Crippen LogP contribution in [0.25, 0.3) is 6.08 Å². The molecule has 0 aliphatic rings. The monoisotopic (exact) mass is 355 g/mol. The molecule has 0 amide bonds. The summed E-state index contributed by atoms with van der Waals surface area (Å²) in [5, 5.41) is 9.55. The number of hydrogen-bond donors (Lipinski definition) is 1. The van der Waals surface area contributed by atoms with Crippen LogP contribution in [0.5, 0.6) is 11.5 Å². The Balaban J connectivity index is 1.70. The van der Waals surface area contributed by atoms with Crippen LogP contribution in [0.2, 0.25) is 0 Å². The van der Waals surface area contributed by atoms with E-state index < -0.39 is 5.97 Å². The van der Waals surface area contributed by atoms with Crippen molar-refractivity contribution in [3.05, 3.63) is 65.7 Å². The Labute approximate surface area is 152 Å². The van der Waals surface area contributed by atoms with Crippen molar-refractivity contribution < 1.29 is 24.2 Å². The Kier molecular flexibility index (Phi) is 7.43. The fourth-order valence-corrected chi connectivity index (χ4v) is 2.35. The first-order valence-electron chi connectivity index (χ1n) is 8.33. The Morgan fingerprint density at radius 2 is 1.88 bits per heavy atom. The number of phenolic OH excluding ortho intramolecular Hbond substituents is 1. The summed E-state index contributed by atoms with van der Waals surface area (Å²) in [6, 6.07) is 14.6. The molecule has 0 unspecified atom stereocenters. The second-order valence-electron chi connectivity index (χ2n) is 5.72. The van der Waals surface area contributed by atoms with Gasteiger partial charge in [0.2, 0.25) is 0 Å². The standard InChI is InChI=1S/C21H22O5/c1-25-20-14-17(10-12-19(20)23)9-11-18(22)15-21(24)26-13-5-8-16-6-3-2-4-7-16/h2-8,10,12,14,23H,9,11,13,15H2,1H3/b8-5+/i15+1. The molecule has 0 aromatic heterocycles. The molecule has 5 heteroatoms. The molecular weight excluding hydrogens is 333 g/mol. The average Bonchev–Trinajstić information content (AvgIpc) is 2.65. The van der Waals surface area contributed by atoms with Gasteiger partial charge in [-0.25, -0.2) is 0 Å². The van der Waals surface area contributed by atoms with Gasteiger partial charge in [0.05, 0.1) is 7.11 Å². The van der Waals surface area contributed by atoms with E-state index in [2.05, 4.69) is 0 Å². The molecule has 2 aromatic rings. The summed E-state index contributed by atoms with van der Waals surface area (Å²) in [4.78, 5) is 23.6. The lowest BCUT2D eigenvalue weighted by Gasteiger charge is -2.06. The normalized spacial score (nSPS) is 10.7. The highest BCUT2D eigenvalue weighted by Gasteiger charge is 2.11. The van der Waals surface area contributed by atoms with E-state index in [-0.39, 0.29) is 31.0 Å². The Hall–Kier alpha value is -3.08. The van der Waals surface area contributed by atoms with E-state index >= 15 is 0 Å². The van der Waals surface area contributed by atoms with Gasteiger partial charge in [-0.05, 0) is 35.8 Å². The zero-order valence-electron chi connectivity index (χ0n) is 14.7. The zero-order valence-corrected chi connectivity index (χ0v) is 14.7. The number of methoxy groups -OCH3 is 1. The minimum atomic E-state index is -0.531. The Morgan fingerprint density at radius 3 is 2.62 bits per heavy atom. The van der Waals surface area contributed by atoms with E-state index in [0.717, 1.165) is 11.1 Å². The van der Waals surface area contributed by atoms with Crippen LogP contribution in [-0.2, 0) is 20.7 Å². The van der Waals surface area contributed by atoms with Gasteiger partial charge in [-0.3, -0.25) is 9.59 Å². The van der Waals surface area contributed by atoms with Gasteiger partial charge in [0.1, 0.15) is 18.8 Å². The molecule has 2 rings (SSSR count). The third kappa shape index (κ3) is 6.43.